The standard InChI is InChI=1S/C18H18ClNS.C10H12O4.ClH/c1-20(2)11-5-7-14-15-6-3-4-8-17(15)21-18-10-9-13(19)12-16(14)18;1-3-14-10(13)9-6(2)4-7(11)5-8(9)12;/h3-4,6-10,12H,5,11H2,1-2H3;4-5,11-12H,3H2,1-2H3;1H. The van der Waals surface area contributed by atoms with E-state index in [0.29, 0.717) is 5.56 Å². The Bertz CT molecular complexity index is 1220. The summed E-state index contributed by atoms with van der Waals surface area (Å²) in [5.74, 6) is -0.920. The number of halogens is 2. The van der Waals surface area contributed by atoms with E-state index in [1.165, 1.54) is 32.6 Å². The van der Waals surface area contributed by atoms with Crippen LogP contribution in [0.2, 0.25) is 5.02 Å². The summed E-state index contributed by atoms with van der Waals surface area (Å²) < 4.78 is 4.75. The van der Waals surface area contributed by atoms with Gasteiger partial charge in [-0.3, -0.25) is 0 Å². The van der Waals surface area contributed by atoms with E-state index in [1.807, 2.05) is 17.8 Å². The van der Waals surface area contributed by atoms with Gasteiger partial charge in [-0.2, -0.15) is 0 Å². The van der Waals surface area contributed by atoms with Crippen molar-refractivity contribution in [3.05, 3.63) is 87.9 Å². The lowest BCUT2D eigenvalue weighted by atomic mass is 9.96. The Kier molecular flexibility index (Phi) is 11.2. The predicted octanol–water partition coefficient (Wildman–Crippen LogP) is 7.19. The summed E-state index contributed by atoms with van der Waals surface area (Å²) in [4.78, 5) is 16.2. The molecule has 5 nitrogen and oxygen atoms in total. The van der Waals surface area contributed by atoms with E-state index in [2.05, 4.69) is 61.5 Å². The zero-order chi connectivity index (χ0) is 25.5. The Balaban J connectivity index is 0.000000268. The van der Waals surface area contributed by atoms with E-state index >= 15 is 0 Å². The molecular formula is C28H31Cl2NO4S. The maximum Gasteiger partial charge on any atom is 0.342 e. The second-order valence-electron chi connectivity index (χ2n) is 8.33. The number of ether oxygens (including phenoxy) is 1. The van der Waals surface area contributed by atoms with E-state index in [1.54, 1.807) is 13.8 Å². The van der Waals surface area contributed by atoms with Gasteiger partial charge in [0, 0.05) is 27.4 Å². The van der Waals surface area contributed by atoms with Crippen LogP contribution in [0.4, 0.5) is 0 Å². The molecule has 0 fully saturated rings. The number of nitrogens with zero attached hydrogens (tertiary/aromatic N) is 1. The number of aryl methyl sites for hydroxylation is 1. The molecule has 0 spiro atoms. The molecule has 1 aliphatic heterocycles. The highest BCUT2D eigenvalue weighted by atomic mass is 35.5. The fraction of sp³-hybridized carbons (Fsp3) is 0.250. The Morgan fingerprint density at radius 3 is 2.42 bits per heavy atom. The van der Waals surface area contributed by atoms with Crippen molar-refractivity contribution in [1.29, 1.82) is 0 Å². The van der Waals surface area contributed by atoms with Gasteiger partial charge in [-0.1, -0.05) is 47.6 Å². The molecule has 0 radical (unpaired) electrons. The number of esters is 1. The molecule has 3 aromatic rings. The van der Waals surface area contributed by atoms with Gasteiger partial charge in [0.2, 0.25) is 0 Å². The quantitative estimate of drug-likeness (QED) is 0.257. The van der Waals surface area contributed by atoms with Crippen molar-refractivity contribution in [2.75, 3.05) is 27.2 Å². The number of rotatable bonds is 5. The normalized spacial score (nSPS) is 12.7. The highest BCUT2D eigenvalue weighted by Gasteiger charge is 2.20. The van der Waals surface area contributed by atoms with Gasteiger partial charge in [0.05, 0.1) is 6.61 Å². The highest BCUT2D eigenvalue weighted by molar-refractivity contribution is 7.99. The van der Waals surface area contributed by atoms with Gasteiger partial charge < -0.3 is 19.8 Å². The first-order valence-corrected chi connectivity index (χ1v) is 12.5. The highest BCUT2D eigenvalue weighted by Crippen LogP contribution is 2.46. The summed E-state index contributed by atoms with van der Waals surface area (Å²) in [6.45, 7) is 4.60. The number of benzene rings is 3. The van der Waals surface area contributed by atoms with Crippen molar-refractivity contribution in [3.63, 3.8) is 0 Å². The van der Waals surface area contributed by atoms with Crippen molar-refractivity contribution < 1.29 is 19.7 Å². The molecular weight excluding hydrogens is 517 g/mol. The molecule has 0 saturated carbocycles. The average molecular weight is 549 g/mol. The van der Waals surface area contributed by atoms with Crippen molar-refractivity contribution >= 4 is 47.3 Å². The minimum absolute atomic E-state index is 0. The summed E-state index contributed by atoms with van der Waals surface area (Å²) in [7, 11) is 4.21. The number of phenols is 2. The first kappa shape index (κ1) is 29.6. The number of hydrogen-bond acceptors (Lipinski definition) is 6. The second kappa shape index (κ2) is 13.6. The molecule has 8 heteroatoms. The van der Waals surface area contributed by atoms with Crippen LogP contribution in [-0.4, -0.2) is 48.3 Å². The Labute approximate surface area is 228 Å². The monoisotopic (exact) mass is 547 g/mol. The minimum Gasteiger partial charge on any atom is -0.508 e. The zero-order valence-electron chi connectivity index (χ0n) is 20.7. The van der Waals surface area contributed by atoms with Gasteiger partial charge in [-0.25, -0.2) is 4.79 Å². The number of carbonyl (C=O) groups is 1. The summed E-state index contributed by atoms with van der Waals surface area (Å²) >= 11 is 8.03. The number of hydrogen-bond donors (Lipinski definition) is 2. The summed E-state index contributed by atoms with van der Waals surface area (Å²) in [6, 6.07) is 17.3. The summed E-state index contributed by atoms with van der Waals surface area (Å²) in [5, 5.41) is 19.3. The van der Waals surface area contributed by atoms with Crippen molar-refractivity contribution in [1.82, 2.24) is 4.90 Å². The maximum atomic E-state index is 11.3. The first-order valence-electron chi connectivity index (χ1n) is 11.3. The second-order valence-corrected chi connectivity index (χ2v) is 9.85. The molecule has 192 valence electrons. The van der Waals surface area contributed by atoms with Gasteiger partial charge >= 0.3 is 5.97 Å². The van der Waals surface area contributed by atoms with E-state index in [0.717, 1.165) is 24.1 Å². The molecule has 0 aromatic heterocycles. The molecule has 3 aromatic carbocycles. The lowest BCUT2D eigenvalue weighted by Crippen LogP contribution is -2.12. The van der Waals surface area contributed by atoms with Crippen LogP contribution < -0.4 is 0 Å². The third-order valence-electron chi connectivity index (χ3n) is 5.33. The maximum absolute atomic E-state index is 11.3. The Morgan fingerprint density at radius 2 is 1.75 bits per heavy atom. The van der Waals surface area contributed by atoms with Gasteiger partial charge in [0.15, 0.2) is 0 Å². The topological polar surface area (TPSA) is 70.0 Å². The fourth-order valence-electron chi connectivity index (χ4n) is 3.75. The molecule has 1 aliphatic rings. The molecule has 0 amide bonds. The molecule has 2 N–H and O–H groups in total. The van der Waals surface area contributed by atoms with Crippen LogP contribution in [0.15, 0.2) is 70.5 Å². The third kappa shape index (κ3) is 7.43. The number of aromatic hydroxyl groups is 2. The van der Waals surface area contributed by atoms with Crippen LogP contribution in [0, 0.1) is 6.92 Å². The molecule has 1 heterocycles. The molecule has 0 bridgehead atoms. The van der Waals surface area contributed by atoms with Gasteiger partial charge in [-0.05, 0) is 87.0 Å². The predicted molar refractivity (Wildman–Crippen MR) is 150 cm³/mol. The van der Waals surface area contributed by atoms with E-state index in [4.69, 9.17) is 21.4 Å². The van der Waals surface area contributed by atoms with E-state index < -0.39 is 5.97 Å². The molecule has 0 saturated heterocycles. The Hall–Kier alpha value is -2.64. The van der Waals surface area contributed by atoms with Crippen LogP contribution in [0.5, 0.6) is 11.5 Å². The van der Waals surface area contributed by atoms with Crippen LogP contribution in [-0.2, 0) is 4.74 Å². The smallest absolute Gasteiger partial charge is 0.342 e. The van der Waals surface area contributed by atoms with Crippen LogP contribution in [0.1, 0.15) is 40.4 Å². The third-order valence-corrected chi connectivity index (χ3v) is 6.72. The van der Waals surface area contributed by atoms with Crippen LogP contribution >= 0.6 is 35.8 Å². The van der Waals surface area contributed by atoms with E-state index in [-0.39, 0.29) is 36.1 Å². The molecule has 0 atom stereocenters. The molecule has 4 rings (SSSR count). The number of phenolic OH excluding ortho intramolecular Hbond substituents is 2. The fourth-order valence-corrected chi connectivity index (χ4v) is 5.01. The molecule has 0 unspecified atom stereocenters. The van der Waals surface area contributed by atoms with Crippen molar-refractivity contribution in [2.24, 2.45) is 0 Å². The average Bonchev–Trinajstić information content (AvgIpc) is 2.78. The van der Waals surface area contributed by atoms with Crippen LogP contribution in [0.25, 0.3) is 5.57 Å². The SMILES string of the molecule is CCOC(=O)c1c(C)cc(O)cc1O.CN(C)CCC=C1c2ccccc2Sc2ccc(Cl)cc21.Cl. The molecule has 0 aliphatic carbocycles. The summed E-state index contributed by atoms with van der Waals surface area (Å²) in [5.41, 5.74) is 4.47. The van der Waals surface area contributed by atoms with Crippen molar-refractivity contribution in [2.45, 2.75) is 30.1 Å². The lowest BCUT2D eigenvalue weighted by Gasteiger charge is -2.22. The summed E-state index contributed by atoms with van der Waals surface area (Å²) in [6.07, 6.45) is 3.38. The molecule has 36 heavy (non-hydrogen) atoms. The van der Waals surface area contributed by atoms with E-state index in [9.17, 15) is 9.90 Å². The zero-order valence-corrected chi connectivity index (χ0v) is 23.1. The van der Waals surface area contributed by atoms with Gasteiger partial charge in [0.1, 0.15) is 17.1 Å². The lowest BCUT2D eigenvalue weighted by molar-refractivity contribution is 0.0522. The largest absolute Gasteiger partial charge is 0.508 e. The first-order chi connectivity index (χ1) is 16.7. The minimum atomic E-state index is -0.581. The van der Waals surface area contributed by atoms with Crippen molar-refractivity contribution in [3.8, 4) is 11.5 Å². The van der Waals surface area contributed by atoms with Crippen LogP contribution in [0.3, 0.4) is 0 Å². The van der Waals surface area contributed by atoms with Gasteiger partial charge in [0.25, 0.3) is 0 Å². The number of fused-ring (bicyclic) bond motifs is 2. The Morgan fingerprint density at radius 1 is 1.06 bits per heavy atom. The van der Waals surface area contributed by atoms with Gasteiger partial charge in [-0.15, -0.1) is 12.4 Å². The number of carbonyl (C=O) groups excluding carboxylic acids is 1.